The van der Waals surface area contributed by atoms with E-state index in [1.54, 1.807) is 0 Å². The van der Waals surface area contributed by atoms with Crippen LogP contribution in [-0.4, -0.2) is 37.0 Å². The Morgan fingerprint density at radius 2 is 1.75 bits per heavy atom. The van der Waals surface area contributed by atoms with Crippen molar-refractivity contribution in [1.82, 2.24) is 4.90 Å². The number of hydrogen-bond acceptors (Lipinski definition) is 1. The molecule has 0 amide bonds. The third-order valence-electron chi connectivity index (χ3n) is 1.85. The van der Waals surface area contributed by atoms with Crippen LogP contribution < -0.4 is 0 Å². The van der Waals surface area contributed by atoms with Crippen LogP contribution in [0.15, 0.2) is 0 Å². The number of halogens is 2. The lowest BCUT2D eigenvalue weighted by Crippen LogP contribution is -2.21. The molecule has 0 fully saturated rings. The summed E-state index contributed by atoms with van der Waals surface area (Å²) < 4.78 is 11.8. The Labute approximate surface area is 83.5 Å². The van der Waals surface area contributed by atoms with Gasteiger partial charge in [-0.25, -0.2) is 0 Å². The molecule has 3 heteroatoms. The van der Waals surface area contributed by atoms with Crippen LogP contribution in [-0.2, 0) is 0 Å². The van der Waals surface area contributed by atoms with Crippen LogP contribution >= 0.6 is 15.9 Å². The molecule has 0 unspecified atom stereocenters. The minimum absolute atomic E-state index is 0.189. The molecular formula is C9H19BrFN. The Bertz CT molecular complexity index is 90.6. The third-order valence-corrected chi connectivity index (χ3v) is 2.41. The van der Waals surface area contributed by atoms with Gasteiger partial charge in [0.1, 0.15) is 0 Å². The Morgan fingerprint density at radius 3 is 2.33 bits per heavy atom. The second-order valence-corrected chi connectivity index (χ2v) is 3.89. The minimum atomic E-state index is -0.189. The van der Waals surface area contributed by atoms with Crippen molar-refractivity contribution in [2.75, 3.05) is 32.1 Å². The molecule has 0 radical (unpaired) electrons. The van der Waals surface area contributed by atoms with Crippen molar-refractivity contribution < 1.29 is 4.39 Å². The van der Waals surface area contributed by atoms with Gasteiger partial charge in [-0.15, -0.1) is 0 Å². The fourth-order valence-electron chi connectivity index (χ4n) is 1.09. The molecule has 0 spiro atoms. The molecule has 0 aromatic carbocycles. The highest BCUT2D eigenvalue weighted by Crippen LogP contribution is 2.00. The molecule has 0 atom stereocenters. The van der Waals surface area contributed by atoms with E-state index < -0.39 is 0 Å². The summed E-state index contributed by atoms with van der Waals surface area (Å²) in [6.07, 6.45) is 4.42. The fourth-order valence-corrected chi connectivity index (χ4v) is 1.49. The van der Waals surface area contributed by atoms with Crippen molar-refractivity contribution >= 4 is 15.9 Å². The van der Waals surface area contributed by atoms with Crippen LogP contribution in [0.4, 0.5) is 4.39 Å². The first-order valence-corrected chi connectivity index (χ1v) is 5.74. The van der Waals surface area contributed by atoms with E-state index in [0.29, 0.717) is 6.42 Å². The monoisotopic (exact) mass is 239 g/mol. The van der Waals surface area contributed by atoms with Gasteiger partial charge in [-0.05, 0) is 32.9 Å². The van der Waals surface area contributed by atoms with Gasteiger partial charge in [-0.3, -0.25) is 4.39 Å². The average Bonchev–Trinajstić information content (AvgIpc) is 2.09. The van der Waals surface area contributed by atoms with E-state index in [9.17, 15) is 4.39 Å². The largest absolute Gasteiger partial charge is 0.306 e. The predicted molar refractivity (Wildman–Crippen MR) is 55.7 cm³/mol. The highest BCUT2D eigenvalue weighted by Gasteiger charge is 1.96. The number of unbranched alkanes of at least 4 members (excludes halogenated alkanes) is 2. The first-order chi connectivity index (χ1) is 5.81. The molecule has 74 valence electrons. The van der Waals surface area contributed by atoms with E-state index in [1.807, 2.05) is 0 Å². The molecule has 0 aliphatic carbocycles. The van der Waals surface area contributed by atoms with Gasteiger partial charge in [0.15, 0.2) is 0 Å². The number of hydrogen-bond donors (Lipinski definition) is 0. The van der Waals surface area contributed by atoms with Gasteiger partial charge >= 0.3 is 0 Å². The van der Waals surface area contributed by atoms with Gasteiger partial charge in [0, 0.05) is 11.9 Å². The Morgan fingerprint density at radius 1 is 1.08 bits per heavy atom. The van der Waals surface area contributed by atoms with E-state index in [0.717, 1.165) is 18.4 Å². The molecule has 0 aromatic rings. The second-order valence-electron chi connectivity index (χ2n) is 3.10. The number of alkyl halides is 2. The van der Waals surface area contributed by atoms with Crippen LogP contribution in [0.25, 0.3) is 0 Å². The molecular weight excluding hydrogens is 221 g/mol. The van der Waals surface area contributed by atoms with Crippen LogP contribution in [0.1, 0.15) is 25.7 Å². The third kappa shape index (κ3) is 8.47. The molecule has 0 aliphatic heterocycles. The maximum atomic E-state index is 11.8. The van der Waals surface area contributed by atoms with Crippen molar-refractivity contribution in [3.63, 3.8) is 0 Å². The molecule has 0 bridgehead atoms. The first kappa shape index (κ1) is 12.4. The SMILES string of the molecule is CN(CCCF)CCCCCBr. The summed E-state index contributed by atoms with van der Waals surface area (Å²) >= 11 is 3.40. The van der Waals surface area contributed by atoms with E-state index in [1.165, 1.54) is 19.3 Å². The summed E-state index contributed by atoms with van der Waals surface area (Å²) in [5.74, 6) is 0. The van der Waals surface area contributed by atoms with Crippen molar-refractivity contribution in [3.8, 4) is 0 Å². The van der Waals surface area contributed by atoms with Gasteiger partial charge in [-0.2, -0.15) is 0 Å². The lowest BCUT2D eigenvalue weighted by atomic mass is 10.2. The summed E-state index contributed by atoms with van der Waals surface area (Å²) in [6.45, 7) is 1.81. The zero-order valence-electron chi connectivity index (χ0n) is 7.86. The Kier molecular flexibility index (Phi) is 9.75. The first-order valence-electron chi connectivity index (χ1n) is 4.61. The molecule has 0 rings (SSSR count). The zero-order valence-corrected chi connectivity index (χ0v) is 9.45. The average molecular weight is 240 g/mol. The molecule has 12 heavy (non-hydrogen) atoms. The maximum absolute atomic E-state index is 11.8. The second kappa shape index (κ2) is 9.46. The van der Waals surface area contributed by atoms with E-state index >= 15 is 0 Å². The van der Waals surface area contributed by atoms with Gasteiger partial charge in [0.2, 0.25) is 0 Å². The van der Waals surface area contributed by atoms with Crippen molar-refractivity contribution in [3.05, 3.63) is 0 Å². The van der Waals surface area contributed by atoms with E-state index in [2.05, 4.69) is 27.9 Å². The molecule has 0 saturated heterocycles. The summed E-state index contributed by atoms with van der Waals surface area (Å²) in [4.78, 5) is 2.20. The summed E-state index contributed by atoms with van der Waals surface area (Å²) in [7, 11) is 2.06. The highest BCUT2D eigenvalue weighted by molar-refractivity contribution is 9.09. The van der Waals surface area contributed by atoms with Crippen molar-refractivity contribution in [2.45, 2.75) is 25.7 Å². The topological polar surface area (TPSA) is 3.24 Å². The van der Waals surface area contributed by atoms with Crippen LogP contribution in [0.3, 0.4) is 0 Å². The Balaban J connectivity index is 3.02. The lowest BCUT2D eigenvalue weighted by molar-refractivity contribution is 0.303. The predicted octanol–water partition coefficient (Wildman–Crippen LogP) is 2.84. The molecule has 0 aromatic heterocycles. The maximum Gasteiger partial charge on any atom is 0.0906 e. The molecule has 0 N–H and O–H groups in total. The zero-order chi connectivity index (χ0) is 9.23. The summed E-state index contributed by atoms with van der Waals surface area (Å²) in [6, 6.07) is 0. The quantitative estimate of drug-likeness (QED) is 0.465. The van der Waals surface area contributed by atoms with Crippen molar-refractivity contribution in [2.24, 2.45) is 0 Å². The van der Waals surface area contributed by atoms with Crippen LogP contribution in [0, 0.1) is 0 Å². The van der Waals surface area contributed by atoms with Crippen LogP contribution in [0.2, 0.25) is 0 Å². The summed E-state index contributed by atoms with van der Waals surface area (Å²) in [5.41, 5.74) is 0. The van der Waals surface area contributed by atoms with Crippen LogP contribution in [0.5, 0.6) is 0 Å². The standard InChI is InChI=1S/C9H19BrFN/c1-12(9-5-7-11)8-4-2-3-6-10/h2-9H2,1H3. The molecule has 0 saturated carbocycles. The van der Waals surface area contributed by atoms with Crippen molar-refractivity contribution in [1.29, 1.82) is 0 Å². The van der Waals surface area contributed by atoms with Gasteiger partial charge < -0.3 is 4.90 Å². The minimum Gasteiger partial charge on any atom is -0.306 e. The summed E-state index contributed by atoms with van der Waals surface area (Å²) in [5, 5.41) is 1.10. The van der Waals surface area contributed by atoms with Gasteiger partial charge in [0.25, 0.3) is 0 Å². The molecule has 0 heterocycles. The highest BCUT2D eigenvalue weighted by atomic mass is 79.9. The molecule has 0 aliphatic rings. The van der Waals surface area contributed by atoms with E-state index in [4.69, 9.17) is 0 Å². The number of rotatable bonds is 8. The van der Waals surface area contributed by atoms with Gasteiger partial charge in [-0.1, -0.05) is 22.4 Å². The number of nitrogens with zero attached hydrogens (tertiary/aromatic N) is 1. The Hall–Kier alpha value is 0.370. The smallest absolute Gasteiger partial charge is 0.0906 e. The van der Waals surface area contributed by atoms with E-state index in [-0.39, 0.29) is 6.67 Å². The fraction of sp³-hybridized carbons (Fsp3) is 1.00. The molecule has 1 nitrogen and oxygen atoms in total. The van der Waals surface area contributed by atoms with Gasteiger partial charge in [0.05, 0.1) is 6.67 Å². The lowest BCUT2D eigenvalue weighted by Gasteiger charge is -2.14. The normalized spacial score (nSPS) is 11.0.